The molecule has 0 bridgehead atoms. The van der Waals surface area contributed by atoms with Crippen molar-refractivity contribution in [1.82, 2.24) is 4.98 Å². The highest BCUT2D eigenvalue weighted by atomic mass is 79.9. The molecule has 4 aromatic rings. The molecule has 0 spiro atoms. The first-order valence-electron chi connectivity index (χ1n) is 10.2. The number of thioether (sulfide) groups is 1. The number of nitrogens with zero attached hydrogens (tertiary/aromatic N) is 1. The summed E-state index contributed by atoms with van der Waals surface area (Å²) < 4.78 is 6.13. The maximum absolute atomic E-state index is 12.9. The van der Waals surface area contributed by atoms with Crippen LogP contribution < -0.4 is 10.6 Å². The van der Waals surface area contributed by atoms with E-state index in [1.807, 2.05) is 54.8 Å². The zero-order valence-electron chi connectivity index (χ0n) is 17.6. The molecule has 0 radical (unpaired) electrons. The monoisotopic (exact) mass is 541 g/mol. The van der Waals surface area contributed by atoms with E-state index in [1.165, 1.54) is 29.4 Å². The molecule has 33 heavy (non-hydrogen) atoms. The Morgan fingerprint density at radius 3 is 2.67 bits per heavy atom. The van der Waals surface area contributed by atoms with Crippen molar-refractivity contribution in [2.75, 3.05) is 10.6 Å². The van der Waals surface area contributed by atoms with Crippen LogP contribution in [-0.2, 0) is 4.79 Å². The van der Waals surface area contributed by atoms with E-state index in [2.05, 4.69) is 31.5 Å². The van der Waals surface area contributed by atoms with Gasteiger partial charge in [-0.2, -0.15) is 0 Å². The fourth-order valence-electron chi connectivity index (χ4n) is 3.00. The van der Waals surface area contributed by atoms with Crippen LogP contribution in [0.3, 0.4) is 0 Å². The van der Waals surface area contributed by atoms with E-state index in [1.54, 1.807) is 18.2 Å². The normalized spacial score (nSPS) is 11.7. The van der Waals surface area contributed by atoms with E-state index in [9.17, 15) is 9.59 Å². The number of hydrogen-bond acceptors (Lipinski definition) is 6. The van der Waals surface area contributed by atoms with Gasteiger partial charge in [0.25, 0.3) is 5.91 Å². The number of carbonyl (C=O) groups excluding carboxylic acids is 2. The Kier molecular flexibility index (Phi) is 7.64. The average Bonchev–Trinajstić information content (AvgIpc) is 3.51. The van der Waals surface area contributed by atoms with Crippen molar-refractivity contribution in [3.63, 3.8) is 0 Å². The molecule has 0 aliphatic heterocycles. The van der Waals surface area contributed by atoms with Crippen molar-refractivity contribution >= 4 is 61.7 Å². The predicted molar refractivity (Wildman–Crippen MR) is 137 cm³/mol. The lowest BCUT2D eigenvalue weighted by Crippen LogP contribution is -2.24. The van der Waals surface area contributed by atoms with Gasteiger partial charge in [-0.1, -0.05) is 41.1 Å². The molecule has 4 rings (SSSR count). The molecule has 0 saturated heterocycles. The third-order valence-corrected chi connectivity index (χ3v) is 7.30. The number of benzene rings is 2. The van der Waals surface area contributed by atoms with Gasteiger partial charge in [-0.05, 0) is 48.9 Å². The van der Waals surface area contributed by atoms with E-state index in [0.717, 1.165) is 20.6 Å². The number of aromatic nitrogens is 1. The van der Waals surface area contributed by atoms with Crippen LogP contribution in [0, 0.1) is 0 Å². The molecule has 0 fully saturated rings. The van der Waals surface area contributed by atoms with Gasteiger partial charge in [-0.25, -0.2) is 4.98 Å². The van der Waals surface area contributed by atoms with E-state index in [4.69, 9.17) is 4.42 Å². The van der Waals surface area contributed by atoms with Crippen molar-refractivity contribution in [3.8, 4) is 11.3 Å². The number of furan rings is 1. The number of rotatable bonds is 8. The molecule has 1 unspecified atom stereocenters. The van der Waals surface area contributed by atoms with Crippen LogP contribution in [0.15, 0.2) is 86.1 Å². The van der Waals surface area contributed by atoms with Crippen LogP contribution in [0.5, 0.6) is 0 Å². The van der Waals surface area contributed by atoms with Crippen LogP contribution in [0.1, 0.15) is 23.9 Å². The summed E-state index contributed by atoms with van der Waals surface area (Å²) in [7, 11) is 0. The first kappa shape index (κ1) is 23.3. The molecule has 0 aliphatic rings. The van der Waals surface area contributed by atoms with Crippen LogP contribution >= 0.6 is 39.0 Å². The molecule has 2 aromatic carbocycles. The zero-order chi connectivity index (χ0) is 23.2. The van der Waals surface area contributed by atoms with Crippen molar-refractivity contribution < 1.29 is 14.0 Å². The van der Waals surface area contributed by atoms with Gasteiger partial charge >= 0.3 is 0 Å². The fraction of sp³-hybridized carbons (Fsp3) is 0.125. The molecule has 2 amide bonds. The van der Waals surface area contributed by atoms with E-state index in [0.29, 0.717) is 17.2 Å². The second-order valence-electron chi connectivity index (χ2n) is 7.01. The highest BCUT2D eigenvalue weighted by Gasteiger charge is 2.20. The molecule has 0 aliphatic carbocycles. The van der Waals surface area contributed by atoms with Gasteiger partial charge < -0.3 is 15.1 Å². The molecule has 1 atom stereocenters. The summed E-state index contributed by atoms with van der Waals surface area (Å²) in [6.45, 7) is 1.97. The Balaban J connectivity index is 1.39. The minimum Gasteiger partial charge on any atom is -0.459 e. The molecule has 168 valence electrons. The number of thiazole rings is 1. The lowest BCUT2D eigenvalue weighted by Gasteiger charge is -2.14. The van der Waals surface area contributed by atoms with Crippen molar-refractivity contribution in [2.24, 2.45) is 0 Å². The number of halogens is 1. The first-order chi connectivity index (χ1) is 16.0. The van der Waals surface area contributed by atoms with Crippen LogP contribution in [-0.4, -0.2) is 22.0 Å². The summed E-state index contributed by atoms with van der Waals surface area (Å²) in [5.74, 6) is -0.189. The second kappa shape index (κ2) is 10.8. The SMILES string of the molecule is CCC(Sc1cccc(NC(=O)c2ccco2)c1)C(=O)Nc1nc(-c2ccc(Br)cc2)cs1. The second-order valence-corrected chi connectivity index (χ2v) is 10.1. The lowest BCUT2D eigenvalue weighted by atomic mass is 10.2. The molecule has 6 nitrogen and oxygen atoms in total. The van der Waals surface area contributed by atoms with Crippen LogP contribution in [0.2, 0.25) is 0 Å². The van der Waals surface area contributed by atoms with Gasteiger partial charge in [0.1, 0.15) is 0 Å². The van der Waals surface area contributed by atoms with Gasteiger partial charge in [0, 0.05) is 26.0 Å². The van der Waals surface area contributed by atoms with E-state index < -0.39 is 0 Å². The highest BCUT2D eigenvalue weighted by Crippen LogP contribution is 2.30. The number of hydrogen-bond donors (Lipinski definition) is 2. The fourth-order valence-corrected chi connectivity index (χ4v) is 5.00. The Labute approximate surface area is 207 Å². The predicted octanol–water partition coefficient (Wildman–Crippen LogP) is 6.93. The topological polar surface area (TPSA) is 84.2 Å². The summed E-state index contributed by atoms with van der Waals surface area (Å²) in [5.41, 5.74) is 2.45. The van der Waals surface area contributed by atoms with Gasteiger partial charge in [0.15, 0.2) is 10.9 Å². The van der Waals surface area contributed by atoms with E-state index in [-0.39, 0.29) is 22.8 Å². The van der Waals surface area contributed by atoms with E-state index >= 15 is 0 Å². The van der Waals surface area contributed by atoms with Crippen molar-refractivity contribution in [2.45, 2.75) is 23.5 Å². The van der Waals surface area contributed by atoms with Crippen LogP contribution in [0.25, 0.3) is 11.3 Å². The van der Waals surface area contributed by atoms with Crippen molar-refractivity contribution in [1.29, 1.82) is 0 Å². The quantitative estimate of drug-likeness (QED) is 0.236. The Hall–Kier alpha value is -2.88. The summed E-state index contributed by atoms with van der Waals surface area (Å²) in [4.78, 5) is 30.5. The van der Waals surface area contributed by atoms with Gasteiger partial charge in [0.05, 0.1) is 17.2 Å². The molecule has 2 aromatic heterocycles. The first-order valence-corrected chi connectivity index (χ1v) is 12.7. The molecule has 9 heteroatoms. The number of carbonyl (C=O) groups is 2. The maximum atomic E-state index is 12.9. The molecule has 2 N–H and O–H groups in total. The Morgan fingerprint density at radius 1 is 1.12 bits per heavy atom. The van der Waals surface area contributed by atoms with Gasteiger partial charge in [-0.3, -0.25) is 9.59 Å². The summed E-state index contributed by atoms with van der Waals surface area (Å²) in [6, 6.07) is 18.5. The number of nitrogens with one attached hydrogen (secondary N) is 2. The maximum Gasteiger partial charge on any atom is 0.291 e. The summed E-state index contributed by atoms with van der Waals surface area (Å²) >= 11 is 6.27. The smallest absolute Gasteiger partial charge is 0.291 e. The number of anilines is 2. The van der Waals surface area contributed by atoms with Gasteiger partial charge in [0.2, 0.25) is 5.91 Å². The summed E-state index contributed by atoms with van der Waals surface area (Å²) in [5, 5.41) is 7.94. The summed E-state index contributed by atoms with van der Waals surface area (Å²) in [6.07, 6.45) is 2.10. The van der Waals surface area contributed by atoms with Crippen molar-refractivity contribution in [3.05, 3.63) is 82.5 Å². The lowest BCUT2D eigenvalue weighted by molar-refractivity contribution is -0.115. The third kappa shape index (κ3) is 6.13. The minimum atomic E-state index is -0.322. The minimum absolute atomic E-state index is 0.107. The standard InChI is InChI=1S/C24H20BrN3O3S2/c1-2-21(23(30)28-24-27-19(14-32-24)15-8-10-16(25)11-9-15)33-18-6-3-5-17(13-18)26-22(29)20-7-4-12-31-20/h3-14,21H,2H2,1H3,(H,26,29)(H,27,28,30). The molecular weight excluding hydrogens is 522 g/mol. The van der Waals surface area contributed by atoms with Gasteiger partial charge in [-0.15, -0.1) is 23.1 Å². The Morgan fingerprint density at radius 2 is 1.94 bits per heavy atom. The van der Waals surface area contributed by atoms with Crippen LogP contribution in [0.4, 0.5) is 10.8 Å². The molecule has 2 heterocycles. The Bertz CT molecular complexity index is 1240. The third-order valence-electron chi connectivity index (χ3n) is 4.65. The molecule has 0 saturated carbocycles. The zero-order valence-corrected chi connectivity index (χ0v) is 20.8. The average molecular weight is 542 g/mol. The highest BCUT2D eigenvalue weighted by molar-refractivity contribution is 9.10. The largest absolute Gasteiger partial charge is 0.459 e. The number of amides is 2. The molecular formula is C24H20BrN3O3S2.